The Morgan fingerprint density at radius 1 is 1.08 bits per heavy atom. The van der Waals surface area contributed by atoms with Gasteiger partial charge in [-0.2, -0.15) is 9.61 Å². The zero-order valence-corrected chi connectivity index (χ0v) is 21.3. The van der Waals surface area contributed by atoms with Crippen LogP contribution in [0, 0.1) is 0 Å². The van der Waals surface area contributed by atoms with Gasteiger partial charge in [0.1, 0.15) is 17.0 Å². The quantitative estimate of drug-likeness (QED) is 0.342. The zero-order valence-electron chi connectivity index (χ0n) is 21.3. The van der Waals surface area contributed by atoms with Gasteiger partial charge in [0.15, 0.2) is 5.65 Å². The fourth-order valence-electron chi connectivity index (χ4n) is 5.04. The van der Waals surface area contributed by atoms with E-state index >= 15 is 0 Å². The van der Waals surface area contributed by atoms with Gasteiger partial charge in [0.05, 0.1) is 25.1 Å². The summed E-state index contributed by atoms with van der Waals surface area (Å²) in [5.74, 6) is 0.246. The normalized spacial score (nSPS) is 14.3. The number of primary amides is 1. The van der Waals surface area contributed by atoms with Crippen molar-refractivity contribution in [1.29, 1.82) is 0 Å². The molecule has 1 aliphatic rings. The van der Waals surface area contributed by atoms with Crippen LogP contribution in [0.2, 0.25) is 0 Å². The summed E-state index contributed by atoms with van der Waals surface area (Å²) in [6, 6.07) is 16.2. The number of fused-ring (bicyclic) bond motifs is 2. The van der Waals surface area contributed by atoms with Gasteiger partial charge in [-0.3, -0.25) is 9.69 Å². The Morgan fingerprint density at radius 3 is 2.68 bits per heavy atom. The maximum atomic E-state index is 12.2. The molecule has 38 heavy (non-hydrogen) atoms. The lowest BCUT2D eigenvalue weighted by molar-refractivity contribution is 0.0365. The molecule has 2 N–H and O–H groups in total. The molecule has 10 heteroatoms. The average Bonchev–Trinajstić information content (AvgIpc) is 3.54. The lowest BCUT2D eigenvalue weighted by atomic mass is 10.1. The molecule has 0 atom stereocenters. The van der Waals surface area contributed by atoms with E-state index in [0.717, 1.165) is 73.1 Å². The number of ether oxygens (including phenoxy) is 1. The standard InChI is InChI=1S/C28H30N8O2/c1-33(18-20-6-3-2-4-7-20)25-16-24(32-28-22(26(29)37)17-31-36(25)28)23-19-35(27-21(23)8-5-9-30-27)11-10-34-12-14-38-15-13-34/h2-9,16-17,19H,10-15,18H2,1H3,(H2,29,37). The highest BCUT2D eigenvalue weighted by Gasteiger charge is 2.21. The Kier molecular flexibility index (Phi) is 6.48. The second-order valence-corrected chi connectivity index (χ2v) is 9.56. The molecule has 0 bridgehead atoms. The van der Waals surface area contributed by atoms with Crippen LogP contribution in [0.5, 0.6) is 0 Å². The number of benzene rings is 1. The molecular weight excluding hydrogens is 480 g/mol. The summed E-state index contributed by atoms with van der Waals surface area (Å²) in [5.41, 5.74) is 10.2. The lowest BCUT2D eigenvalue weighted by Gasteiger charge is -2.26. The highest BCUT2D eigenvalue weighted by Crippen LogP contribution is 2.32. The van der Waals surface area contributed by atoms with Crippen LogP contribution in [0.15, 0.2) is 67.1 Å². The van der Waals surface area contributed by atoms with Crippen LogP contribution in [0.25, 0.3) is 27.9 Å². The van der Waals surface area contributed by atoms with Crippen LogP contribution in [-0.4, -0.2) is 74.9 Å². The van der Waals surface area contributed by atoms with E-state index in [2.05, 4.69) is 43.9 Å². The summed E-state index contributed by atoms with van der Waals surface area (Å²) in [7, 11) is 2.00. The Labute approximate surface area is 220 Å². The van der Waals surface area contributed by atoms with Crippen molar-refractivity contribution < 1.29 is 9.53 Å². The van der Waals surface area contributed by atoms with Gasteiger partial charge in [-0.05, 0) is 17.7 Å². The first-order valence-electron chi connectivity index (χ1n) is 12.8. The third kappa shape index (κ3) is 4.59. The van der Waals surface area contributed by atoms with Gasteiger partial charge in [0, 0.05) is 69.2 Å². The third-order valence-electron chi connectivity index (χ3n) is 7.04. The van der Waals surface area contributed by atoms with E-state index in [-0.39, 0.29) is 5.56 Å². The molecule has 1 saturated heterocycles. The maximum absolute atomic E-state index is 12.2. The van der Waals surface area contributed by atoms with Gasteiger partial charge in [0.25, 0.3) is 5.91 Å². The van der Waals surface area contributed by atoms with Gasteiger partial charge in [-0.25, -0.2) is 9.97 Å². The fourth-order valence-corrected chi connectivity index (χ4v) is 5.04. The number of hydrogen-bond acceptors (Lipinski definition) is 7. The second kappa shape index (κ2) is 10.2. The number of hydrogen-bond donors (Lipinski definition) is 1. The van der Waals surface area contributed by atoms with Gasteiger partial charge in [0.2, 0.25) is 0 Å². The summed E-state index contributed by atoms with van der Waals surface area (Å²) in [4.78, 5) is 26.3. The van der Waals surface area contributed by atoms with E-state index in [1.165, 1.54) is 6.20 Å². The SMILES string of the molecule is CN(Cc1ccccc1)c1cc(-c2cn(CCN3CCOCC3)c3ncccc23)nc2c(C(N)=O)cnn12. The summed E-state index contributed by atoms with van der Waals surface area (Å²) in [6.07, 6.45) is 5.41. The van der Waals surface area contributed by atoms with E-state index in [1.807, 2.05) is 43.6 Å². The van der Waals surface area contributed by atoms with Crippen molar-refractivity contribution in [3.63, 3.8) is 0 Å². The molecule has 1 aliphatic heterocycles. The van der Waals surface area contributed by atoms with Crippen molar-refractivity contribution in [1.82, 2.24) is 29.0 Å². The molecule has 0 saturated carbocycles. The second-order valence-electron chi connectivity index (χ2n) is 9.56. The molecule has 1 fully saturated rings. The molecule has 1 amide bonds. The molecule has 1 aromatic carbocycles. The minimum absolute atomic E-state index is 0.287. The van der Waals surface area contributed by atoms with Crippen molar-refractivity contribution in [2.24, 2.45) is 5.73 Å². The first-order valence-corrected chi connectivity index (χ1v) is 12.8. The van der Waals surface area contributed by atoms with Crippen molar-refractivity contribution in [2.75, 3.05) is 44.8 Å². The first-order chi connectivity index (χ1) is 18.6. The smallest absolute Gasteiger partial charge is 0.254 e. The zero-order chi connectivity index (χ0) is 26.1. The molecule has 0 spiro atoms. The van der Waals surface area contributed by atoms with Crippen LogP contribution in [0.3, 0.4) is 0 Å². The van der Waals surface area contributed by atoms with E-state index in [1.54, 1.807) is 4.52 Å². The number of nitrogens with zero attached hydrogens (tertiary/aromatic N) is 7. The Bertz CT molecular complexity index is 1590. The number of carbonyl (C=O) groups excluding carboxylic acids is 1. The molecule has 194 valence electrons. The monoisotopic (exact) mass is 510 g/mol. The Morgan fingerprint density at radius 2 is 1.89 bits per heavy atom. The topological polar surface area (TPSA) is 107 Å². The number of amides is 1. The molecule has 5 heterocycles. The first kappa shape index (κ1) is 24.1. The number of pyridine rings is 1. The summed E-state index contributed by atoms with van der Waals surface area (Å²) in [6.45, 7) is 5.79. The molecule has 5 aromatic rings. The number of anilines is 1. The largest absolute Gasteiger partial charge is 0.379 e. The molecule has 6 rings (SSSR count). The highest BCUT2D eigenvalue weighted by molar-refractivity contribution is 6.00. The van der Waals surface area contributed by atoms with Crippen molar-refractivity contribution >= 4 is 28.4 Å². The third-order valence-corrected chi connectivity index (χ3v) is 7.04. The minimum atomic E-state index is -0.559. The van der Waals surface area contributed by atoms with Gasteiger partial charge in [-0.15, -0.1) is 0 Å². The number of rotatable bonds is 8. The van der Waals surface area contributed by atoms with Crippen LogP contribution in [0.4, 0.5) is 5.82 Å². The van der Waals surface area contributed by atoms with Crippen molar-refractivity contribution in [2.45, 2.75) is 13.1 Å². The Balaban J connectivity index is 1.44. The van der Waals surface area contributed by atoms with Gasteiger partial charge >= 0.3 is 0 Å². The summed E-state index contributed by atoms with van der Waals surface area (Å²) in [5, 5.41) is 5.47. The fraction of sp³-hybridized carbons (Fsp3) is 0.286. The molecule has 0 unspecified atom stereocenters. The lowest BCUT2D eigenvalue weighted by Crippen LogP contribution is -2.38. The van der Waals surface area contributed by atoms with E-state index in [0.29, 0.717) is 12.2 Å². The van der Waals surface area contributed by atoms with Crippen molar-refractivity contribution in [3.8, 4) is 11.3 Å². The molecule has 10 nitrogen and oxygen atoms in total. The molecule has 4 aromatic heterocycles. The van der Waals surface area contributed by atoms with E-state index in [4.69, 9.17) is 20.4 Å². The van der Waals surface area contributed by atoms with Crippen LogP contribution in [-0.2, 0) is 17.8 Å². The molecular formula is C28H30N8O2. The van der Waals surface area contributed by atoms with Gasteiger partial charge < -0.3 is 19.9 Å². The highest BCUT2D eigenvalue weighted by atomic mass is 16.5. The number of aromatic nitrogens is 5. The van der Waals surface area contributed by atoms with Crippen LogP contribution >= 0.6 is 0 Å². The number of morpholine rings is 1. The van der Waals surface area contributed by atoms with Crippen molar-refractivity contribution in [3.05, 3.63) is 78.2 Å². The molecule has 0 aliphatic carbocycles. The minimum Gasteiger partial charge on any atom is -0.379 e. The van der Waals surface area contributed by atoms with Crippen LogP contribution < -0.4 is 10.6 Å². The predicted octanol–water partition coefficient (Wildman–Crippen LogP) is 2.81. The summed E-state index contributed by atoms with van der Waals surface area (Å²) >= 11 is 0. The van der Waals surface area contributed by atoms with E-state index in [9.17, 15) is 4.79 Å². The molecule has 0 radical (unpaired) electrons. The van der Waals surface area contributed by atoms with E-state index < -0.39 is 5.91 Å². The van der Waals surface area contributed by atoms with Gasteiger partial charge in [-0.1, -0.05) is 30.3 Å². The summed E-state index contributed by atoms with van der Waals surface area (Å²) < 4.78 is 9.36. The Hall–Kier alpha value is -4.28. The number of nitrogens with two attached hydrogens (primary N) is 1. The number of carbonyl (C=O) groups is 1. The van der Waals surface area contributed by atoms with Crippen LogP contribution in [0.1, 0.15) is 15.9 Å². The predicted molar refractivity (Wildman–Crippen MR) is 146 cm³/mol. The maximum Gasteiger partial charge on any atom is 0.254 e. The average molecular weight is 511 g/mol.